The summed E-state index contributed by atoms with van der Waals surface area (Å²) >= 11 is 1.16. The van der Waals surface area contributed by atoms with E-state index in [0.29, 0.717) is 18.1 Å². The first-order valence-corrected chi connectivity index (χ1v) is 12.1. The average molecular weight is 443 g/mol. The lowest BCUT2D eigenvalue weighted by Gasteiger charge is -2.21. The topological polar surface area (TPSA) is 108 Å². The molecule has 0 aliphatic carbocycles. The minimum absolute atomic E-state index is 0.158. The fraction of sp³-hybridized carbons (Fsp3) is 0.632. The summed E-state index contributed by atoms with van der Waals surface area (Å²) in [4.78, 5) is 28.4. The molecule has 1 aliphatic rings. The van der Waals surface area contributed by atoms with Crippen molar-refractivity contribution in [2.24, 2.45) is 0 Å². The van der Waals surface area contributed by atoms with Gasteiger partial charge >= 0.3 is 6.03 Å². The Labute approximate surface area is 177 Å². The van der Waals surface area contributed by atoms with Crippen LogP contribution < -0.4 is 10.6 Å². The number of rotatable bonds is 5. The molecule has 0 saturated carbocycles. The fourth-order valence-electron chi connectivity index (χ4n) is 2.84. The number of urea groups is 1. The van der Waals surface area contributed by atoms with Crippen molar-refractivity contribution in [1.82, 2.24) is 19.9 Å². The quantitative estimate of drug-likeness (QED) is 0.679. The van der Waals surface area contributed by atoms with Gasteiger partial charge in [0.1, 0.15) is 4.90 Å². The van der Waals surface area contributed by atoms with E-state index >= 15 is 0 Å². The first-order chi connectivity index (χ1) is 13.5. The molecule has 2 rings (SSSR count). The minimum atomic E-state index is -3.55. The zero-order valence-electron chi connectivity index (χ0n) is 17.4. The van der Waals surface area contributed by atoms with Crippen LogP contribution in [0.2, 0.25) is 0 Å². The van der Waals surface area contributed by atoms with Gasteiger partial charge in [-0.3, -0.25) is 10.1 Å². The second kappa shape index (κ2) is 9.90. The summed E-state index contributed by atoms with van der Waals surface area (Å²) in [5.41, 5.74) is -0.447. The summed E-state index contributed by atoms with van der Waals surface area (Å²) in [6, 6.07) is 2.56. The third kappa shape index (κ3) is 7.27. The summed E-state index contributed by atoms with van der Waals surface area (Å²) < 4.78 is 27.1. The summed E-state index contributed by atoms with van der Waals surface area (Å²) in [5.74, 6) is -0.445. The molecule has 0 aromatic carbocycles. The molecule has 2 N–H and O–H groups in total. The first-order valence-electron chi connectivity index (χ1n) is 9.75. The predicted molar refractivity (Wildman–Crippen MR) is 113 cm³/mol. The monoisotopic (exact) mass is 442 g/mol. The molecule has 2 heterocycles. The lowest BCUT2D eigenvalue weighted by molar-refractivity contribution is -0.119. The Morgan fingerprint density at radius 1 is 1.14 bits per heavy atom. The number of carbonyl (C=O) groups is 2. The molecule has 10 heteroatoms. The van der Waals surface area contributed by atoms with Gasteiger partial charge in [-0.1, -0.05) is 24.6 Å². The second-order valence-corrected chi connectivity index (χ2v) is 11.4. The van der Waals surface area contributed by atoms with Gasteiger partial charge in [0.2, 0.25) is 15.9 Å². The Bertz CT molecular complexity index is 812. The number of carbonyl (C=O) groups excluding carboxylic acids is 2. The highest BCUT2D eigenvalue weighted by atomic mass is 32.2. The predicted octanol–water partition coefficient (Wildman–Crippen LogP) is 2.75. The molecule has 29 heavy (non-hydrogen) atoms. The highest BCUT2D eigenvalue weighted by molar-refractivity contribution is 8.00. The van der Waals surface area contributed by atoms with Gasteiger partial charge in [0, 0.05) is 24.8 Å². The number of aromatic nitrogens is 1. The van der Waals surface area contributed by atoms with Crippen molar-refractivity contribution in [3.8, 4) is 0 Å². The van der Waals surface area contributed by atoms with Crippen LogP contribution in [0.15, 0.2) is 28.3 Å². The van der Waals surface area contributed by atoms with Gasteiger partial charge < -0.3 is 5.32 Å². The third-order valence-corrected chi connectivity index (χ3v) is 7.24. The van der Waals surface area contributed by atoms with Gasteiger partial charge in [0.25, 0.3) is 0 Å². The Kier molecular flexibility index (Phi) is 8.07. The zero-order valence-corrected chi connectivity index (χ0v) is 19.0. The van der Waals surface area contributed by atoms with Crippen LogP contribution in [0.3, 0.4) is 0 Å². The molecule has 1 saturated heterocycles. The first kappa shape index (κ1) is 23.6. The average Bonchev–Trinajstić information content (AvgIpc) is 2.90. The van der Waals surface area contributed by atoms with Gasteiger partial charge in [-0.15, -0.1) is 0 Å². The van der Waals surface area contributed by atoms with E-state index < -0.39 is 32.8 Å². The maximum Gasteiger partial charge on any atom is 0.321 e. The van der Waals surface area contributed by atoms with Crippen LogP contribution in [0.1, 0.15) is 53.4 Å². The van der Waals surface area contributed by atoms with E-state index in [1.54, 1.807) is 13.0 Å². The second-order valence-electron chi connectivity index (χ2n) is 8.10. The van der Waals surface area contributed by atoms with E-state index in [2.05, 4.69) is 15.6 Å². The number of sulfonamides is 1. The summed E-state index contributed by atoms with van der Waals surface area (Å²) in [5, 5.41) is 4.91. The fourth-order valence-corrected chi connectivity index (χ4v) is 5.09. The molecule has 1 aromatic rings. The molecule has 0 bridgehead atoms. The SMILES string of the molecule is CC(Sc1ccc(S(=O)(=O)N2CCCCCC2)cn1)C(=O)NC(=O)NC(C)(C)C. The van der Waals surface area contributed by atoms with Gasteiger partial charge in [-0.05, 0) is 52.7 Å². The highest BCUT2D eigenvalue weighted by Gasteiger charge is 2.26. The van der Waals surface area contributed by atoms with Crippen LogP contribution in [0, 0.1) is 0 Å². The van der Waals surface area contributed by atoms with Gasteiger partial charge in [0.15, 0.2) is 0 Å². The molecule has 0 spiro atoms. The lowest BCUT2D eigenvalue weighted by Crippen LogP contribution is -2.49. The van der Waals surface area contributed by atoms with Crippen molar-refractivity contribution in [2.45, 2.75) is 74.1 Å². The van der Waals surface area contributed by atoms with Crippen molar-refractivity contribution in [3.05, 3.63) is 18.3 Å². The largest absolute Gasteiger partial charge is 0.333 e. The molecule has 1 atom stereocenters. The molecule has 1 unspecified atom stereocenters. The molecule has 1 aliphatic heterocycles. The molecular weight excluding hydrogens is 412 g/mol. The smallest absolute Gasteiger partial charge is 0.321 e. The normalized spacial score (nSPS) is 17.2. The lowest BCUT2D eigenvalue weighted by atomic mass is 10.1. The number of nitrogens with zero attached hydrogens (tertiary/aromatic N) is 2. The van der Waals surface area contributed by atoms with Crippen molar-refractivity contribution in [2.75, 3.05) is 13.1 Å². The van der Waals surface area contributed by atoms with E-state index in [-0.39, 0.29) is 4.90 Å². The van der Waals surface area contributed by atoms with E-state index in [1.165, 1.54) is 16.6 Å². The minimum Gasteiger partial charge on any atom is -0.333 e. The highest BCUT2D eigenvalue weighted by Crippen LogP contribution is 2.24. The molecule has 8 nitrogen and oxygen atoms in total. The van der Waals surface area contributed by atoms with Crippen molar-refractivity contribution >= 4 is 33.7 Å². The third-order valence-electron chi connectivity index (χ3n) is 4.30. The van der Waals surface area contributed by atoms with Gasteiger partial charge in [0.05, 0.1) is 10.3 Å². The maximum absolute atomic E-state index is 12.8. The van der Waals surface area contributed by atoms with Crippen molar-refractivity contribution in [1.29, 1.82) is 0 Å². The van der Waals surface area contributed by atoms with Gasteiger partial charge in [-0.2, -0.15) is 4.31 Å². The Balaban J connectivity index is 1.97. The number of nitrogens with one attached hydrogen (secondary N) is 2. The van der Waals surface area contributed by atoms with Crippen LogP contribution in [0.4, 0.5) is 4.79 Å². The number of hydrogen-bond donors (Lipinski definition) is 2. The Hall–Kier alpha value is -1.65. The summed E-state index contributed by atoms with van der Waals surface area (Å²) in [7, 11) is -3.55. The summed E-state index contributed by atoms with van der Waals surface area (Å²) in [6.07, 6.45) is 5.17. The van der Waals surface area contributed by atoms with Crippen molar-refractivity contribution < 1.29 is 18.0 Å². The number of imide groups is 1. The molecule has 1 fully saturated rings. The van der Waals surface area contributed by atoms with Crippen LogP contribution in [0.5, 0.6) is 0 Å². The maximum atomic E-state index is 12.8. The van der Waals surface area contributed by atoms with Crippen LogP contribution in [-0.4, -0.2) is 53.5 Å². The van der Waals surface area contributed by atoms with E-state index in [1.807, 2.05) is 20.8 Å². The van der Waals surface area contributed by atoms with E-state index in [9.17, 15) is 18.0 Å². The summed E-state index contributed by atoms with van der Waals surface area (Å²) in [6.45, 7) is 8.19. The number of amides is 3. The molecular formula is C19H30N4O4S2. The molecule has 162 valence electrons. The van der Waals surface area contributed by atoms with E-state index in [4.69, 9.17) is 0 Å². The molecule has 1 aromatic heterocycles. The van der Waals surface area contributed by atoms with Crippen LogP contribution >= 0.6 is 11.8 Å². The number of hydrogen-bond acceptors (Lipinski definition) is 6. The van der Waals surface area contributed by atoms with Crippen molar-refractivity contribution in [3.63, 3.8) is 0 Å². The number of pyridine rings is 1. The van der Waals surface area contributed by atoms with Crippen LogP contribution in [-0.2, 0) is 14.8 Å². The number of thioether (sulfide) groups is 1. The molecule has 3 amide bonds. The van der Waals surface area contributed by atoms with E-state index in [0.717, 1.165) is 37.4 Å². The van der Waals surface area contributed by atoms with Crippen LogP contribution in [0.25, 0.3) is 0 Å². The Morgan fingerprint density at radius 2 is 1.76 bits per heavy atom. The molecule has 0 radical (unpaired) electrons. The Morgan fingerprint density at radius 3 is 2.28 bits per heavy atom. The standard InChI is InChI=1S/C19H30N4O4S2/c1-14(17(24)21-18(25)22-19(2,3)4)28-16-10-9-15(13-20-16)29(26,27)23-11-7-5-6-8-12-23/h9-10,13-14H,5-8,11-12H2,1-4H3,(H2,21,22,24,25). The van der Waals surface area contributed by atoms with Gasteiger partial charge in [-0.25, -0.2) is 18.2 Å². The zero-order chi connectivity index (χ0) is 21.7.